The summed E-state index contributed by atoms with van der Waals surface area (Å²) in [5.74, 6) is -0.0773. The molecule has 0 bridgehead atoms. The number of aromatic hydroxyl groups is 1. The number of hydrogen-bond donors (Lipinski definition) is 2. The van der Waals surface area contributed by atoms with Crippen LogP contribution in [0.5, 0.6) is 11.6 Å². The number of benzene rings is 1. The predicted molar refractivity (Wildman–Crippen MR) is 97.2 cm³/mol. The van der Waals surface area contributed by atoms with Gasteiger partial charge in [0, 0.05) is 32.1 Å². The molecule has 0 saturated carbocycles. The van der Waals surface area contributed by atoms with Crippen LogP contribution in [0, 0.1) is 6.92 Å². The summed E-state index contributed by atoms with van der Waals surface area (Å²) < 4.78 is 5.92. The van der Waals surface area contributed by atoms with Crippen LogP contribution in [0.15, 0.2) is 30.3 Å². The zero-order valence-corrected chi connectivity index (χ0v) is 15.1. The molecule has 1 aromatic carbocycles. The Hall–Kier alpha value is -2.60. The summed E-state index contributed by atoms with van der Waals surface area (Å²) in [6, 6.07) is 9.42. The second-order valence-corrected chi connectivity index (χ2v) is 6.87. The van der Waals surface area contributed by atoms with Gasteiger partial charge in [-0.1, -0.05) is 18.2 Å². The molecule has 138 valence electrons. The van der Waals surface area contributed by atoms with Crippen LogP contribution in [0.1, 0.15) is 35.7 Å². The summed E-state index contributed by atoms with van der Waals surface area (Å²) in [5, 5.41) is 18.6. The first-order valence-corrected chi connectivity index (χ1v) is 8.79. The Morgan fingerprint density at radius 3 is 2.92 bits per heavy atom. The molecule has 0 radical (unpaired) electrons. The Balaban J connectivity index is 1.79. The van der Waals surface area contributed by atoms with E-state index >= 15 is 0 Å². The molecule has 3 rings (SSSR count). The first-order valence-electron chi connectivity index (χ1n) is 8.79. The minimum absolute atomic E-state index is 0.00583. The lowest BCUT2D eigenvalue weighted by Crippen LogP contribution is -2.30. The summed E-state index contributed by atoms with van der Waals surface area (Å²) >= 11 is 0. The number of ether oxygens (including phenoxy) is 1. The number of pyridine rings is 1. The average molecular weight is 356 g/mol. The molecular formula is C20H24N2O4. The molecule has 0 fully saturated rings. The van der Waals surface area contributed by atoms with E-state index in [1.165, 1.54) is 17.2 Å². The van der Waals surface area contributed by atoms with Crippen LogP contribution in [-0.4, -0.2) is 38.7 Å². The highest BCUT2D eigenvalue weighted by Crippen LogP contribution is 2.27. The van der Waals surface area contributed by atoms with Gasteiger partial charge in [-0.15, -0.1) is 0 Å². The van der Waals surface area contributed by atoms with Crippen LogP contribution in [0.2, 0.25) is 0 Å². The molecule has 0 amide bonds. The Bertz CT molecular complexity index is 806. The summed E-state index contributed by atoms with van der Waals surface area (Å²) in [5.41, 5.74) is 4.10. The molecule has 2 N–H and O–H groups in total. The zero-order valence-electron chi connectivity index (χ0n) is 15.1. The highest BCUT2D eigenvalue weighted by Gasteiger charge is 2.22. The van der Waals surface area contributed by atoms with Crippen LogP contribution in [0.3, 0.4) is 0 Å². The summed E-state index contributed by atoms with van der Waals surface area (Å²) in [6.07, 6.45) is 0.673. The van der Waals surface area contributed by atoms with Crippen molar-refractivity contribution in [1.29, 1.82) is 0 Å². The number of carboxylic acids is 1. The summed E-state index contributed by atoms with van der Waals surface area (Å²) in [7, 11) is 0. The van der Waals surface area contributed by atoms with Gasteiger partial charge < -0.3 is 14.9 Å². The first kappa shape index (κ1) is 18.2. The van der Waals surface area contributed by atoms with Gasteiger partial charge in [0.2, 0.25) is 5.88 Å². The molecule has 2 aromatic rings. The van der Waals surface area contributed by atoms with E-state index in [0.717, 1.165) is 24.3 Å². The third-order valence-electron chi connectivity index (χ3n) is 4.57. The van der Waals surface area contributed by atoms with E-state index in [0.29, 0.717) is 18.7 Å². The van der Waals surface area contributed by atoms with Gasteiger partial charge in [-0.2, -0.15) is 0 Å². The van der Waals surface area contributed by atoms with Crippen LogP contribution in [-0.2, 0) is 24.3 Å². The largest absolute Gasteiger partial charge is 0.493 e. The number of carbonyl (C=O) groups is 1. The van der Waals surface area contributed by atoms with Gasteiger partial charge in [0.15, 0.2) is 0 Å². The molecule has 2 heterocycles. The van der Waals surface area contributed by atoms with E-state index in [1.807, 2.05) is 19.1 Å². The van der Waals surface area contributed by atoms with Crippen LogP contribution < -0.4 is 4.74 Å². The zero-order chi connectivity index (χ0) is 18.7. The molecule has 1 aliphatic rings. The SMILES string of the molecule is Cc1ccc(CCC(=O)O)cc1CN1Cc2nc(O)ccc2OC(C)C1. The maximum Gasteiger partial charge on any atom is 0.303 e. The van der Waals surface area contributed by atoms with Crippen molar-refractivity contribution in [3.8, 4) is 11.6 Å². The quantitative estimate of drug-likeness (QED) is 0.857. The number of nitrogens with zero attached hydrogens (tertiary/aromatic N) is 2. The van der Waals surface area contributed by atoms with Gasteiger partial charge in [-0.25, -0.2) is 4.98 Å². The van der Waals surface area contributed by atoms with Gasteiger partial charge in [-0.3, -0.25) is 9.69 Å². The molecular weight excluding hydrogens is 332 g/mol. The average Bonchev–Trinajstić information content (AvgIpc) is 2.72. The number of rotatable bonds is 5. The molecule has 6 nitrogen and oxygen atoms in total. The molecule has 1 aliphatic heterocycles. The smallest absolute Gasteiger partial charge is 0.303 e. The normalized spacial score (nSPS) is 17.2. The lowest BCUT2D eigenvalue weighted by molar-refractivity contribution is -0.136. The molecule has 26 heavy (non-hydrogen) atoms. The number of aliphatic carboxylic acids is 1. The van der Waals surface area contributed by atoms with Crippen molar-refractivity contribution in [3.05, 3.63) is 52.7 Å². The Kier molecular flexibility index (Phi) is 5.42. The predicted octanol–water partition coefficient (Wildman–Crippen LogP) is 2.90. The second-order valence-electron chi connectivity index (χ2n) is 6.87. The first-order chi connectivity index (χ1) is 12.4. The lowest BCUT2D eigenvalue weighted by atomic mass is 10.0. The molecule has 6 heteroatoms. The third kappa shape index (κ3) is 4.52. The van der Waals surface area contributed by atoms with Crippen LogP contribution in [0.4, 0.5) is 0 Å². The van der Waals surface area contributed by atoms with E-state index in [4.69, 9.17) is 9.84 Å². The van der Waals surface area contributed by atoms with Gasteiger partial charge in [-0.05, 0) is 43.0 Å². The van der Waals surface area contributed by atoms with Gasteiger partial charge in [0.1, 0.15) is 17.5 Å². The number of aryl methyl sites for hydroxylation is 2. The van der Waals surface area contributed by atoms with E-state index < -0.39 is 5.97 Å². The standard InChI is InChI=1S/C20H24N2O4/c1-13-3-4-15(5-8-20(24)25)9-16(13)11-22-10-14(2)26-18-6-7-19(23)21-17(18)12-22/h3-4,6-7,9,14H,5,8,10-12H2,1-2H3,(H,21,23)(H,24,25). The number of aromatic nitrogens is 1. The fraction of sp³-hybridized carbons (Fsp3) is 0.400. The number of hydrogen-bond acceptors (Lipinski definition) is 5. The van der Waals surface area contributed by atoms with E-state index in [-0.39, 0.29) is 18.4 Å². The Morgan fingerprint density at radius 1 is 1.35 bits per heavy atom. The summed E-state index contributed by atoms with van der Waals surface area (Å²) in [4.78, 5) is 17.3. The third-order valence-corrected chi connectivity index (χ3v) is 4.57. The van der Waals surface area contributed by atoms with E-state index in [2.05, 4.69) is 22.9 Å². The number of carboxylic acid groups (broad SMARTS) is 1. The van der Waals surface area contributed by atoms with Crippen molar-refractivity contribution in [3.63, 3.8) is 0 Å². The fourth-order valence-electron chi connectivity index (χ4n) is 3.25. The molecule has 0 spiro atoms. The lowest BCUT2D eigenvalue weighted by Gasteiger charge is -2.23. The molecule has 0 aliphatic carbocycles. The molecule has 0 saturated heterocycles. The highest BCUT2D eigenvalue weighted by molar-refractivity contribution is 5.67. The van der Waals surface area contributed by atoms with Gasteiger partial charge >= 0.3 is 5.97 Å². The monoisotopic (exact) mass is 356 g/mol. The van der Waals surface area contributed by atoms with Gasteiger partial charge in [0.05, 0.1) is 0 Å². The molecule has 1 aromatic heterocycles. The van der Waals surface area contributed by atoms with Crippen molar-refractivity contribution < 1.29 is 19.7 Å². The van der Waals surface area contributed by atoms with Crippen molar-refractivity contribution in [2.45, 2.75) is 45.9 Å². The second kappa shape index (κ2) is 7.74. The van der Waals surface area contributed by atoms with E-state index in [1.54, 1.807) is 6.07 Å². The Morgan fingerprint density at radius 2 is 2.15 bits per heavy atom. The summed E-state index contributed by atoms with van der Waals surface area (Å²) in [6.45, 7) is 6.14. The topological polar surface area (TPSA) is 82.9 Å². The van der Waals surface area contributed by atoms with Gasteiger partial charge in [0.25, 0.3) is 0 Å². The van der Waals surface area contributed by atoms with Crippen molar-refractivity contribution in [1.82, 2.24) is 9.88 Å². The maximum absolute atomic E-state index is 10.8. The maximum atomic E-state index is 10.8. The van der Waals surface area contributed by atoms with Crippen molar-refractivity contribution >= 4 is 5.97 Å². The Labute approximate surface area is 153 Å². The van der Waals surface area contributed by atoms with Crippen LogP contribution >= 0.6 is 0 Å². The van der Waals surface area contributed by atoms with E-state index in [9.17, 15) is 9.90 Å². The number of fused-ring (bicyclic) bond motifs is 1. The minimum Gasteiger partial charge on any atom is -0.493 e. The fourth-order valence-corrected chi connectivity index (χ4v) is 3.25. The minimum atomic E-state index is -0.784. The van der Waals surface area contributed by atoms with Crippen molar-refractivity contribution in [2.75, 3.05) is 6.54 Å². The van der Waals surface area contributed by atoms with Crippen LogP contribution in [0.25, 0.3) is 0 Å². The highest BCUT2D eigenvalue weighted by atomic mass is 16.5. The molecule has 1 unspecified atom stereocenters. The van der Waals surface area contributed by atoms with Crippen molar-refractivity contribution in [2.24, 2.45) is 0 Å². The molecule has 1 atom stereocenters.